The Morgan fingerprint density at radius 2 is 2.05 bits per heavy atom. The van der Waals surface area contributed by atoms with Gasteiger partial charge < -0.3 is 0 Å². The van der Waals surface area contributed by atoms with Crippen molar-refractivity contribution in [3.05, 3.63) is 59.4 Å². The van der Waals surface area contributed by atoms with Gasteiger partial charge in [-0.15, -0.1) is 11.3 Å². The van der Waals surface area contributed by atoms with Gasteiger partial charge in [-0.25, -0.2) is 9.37 Å². The Kier molecular flexibility index (Phi) is 3.68. The van der Waals surface area contributed by atoms with E-state index in [4.69, 9.17) is 5.26 Å². The lowest BCUT2D eigenvalue weighted by molar-refractivity contribution is 0.613. The number of para-hydroxylation sites is 1. The molecule has 0 aliphatic carbocycles. The second-order valence-electron chi connectivity index (χ2n) is 4.13. The highest BCUT2D eigenvalue weighted by Gasteiger charge is 2.09. The molecule has 98 valence electrons. The summed E-state index contributed by atoms with van der Waals surface area (Å²) in [6.07, 6.45) is 0. The largest absolute Gasteiger partial charge is 0.230 e. The summed E-state index contributed by atoms with van der Waals surface area (Å²) in [6.45, 7) is 0. The van der Waals surface area contributed by atoms with E-state index in [-0.39, 0.29) is 5.56 Å². The second-order valence-corrected chi connectivity index (χ2v) is 6.38. The third-order valence-corrected chi connectivity index (χ3v) is 5.05. The van der Waals surface area contributed by atoms with E-state index >= 15 is 0 Å². The average molecular weight is 300 g/mol. The highest BCUT2D eigenvalue weighted by Crippen LogP contribution is 2.32. The molecule has 0 bridgehead atoms. The minimum atomic E-state index is -0.427. The van der Waals surface area contributed by atoms with Crippen LogP contribution in [0.5, 0.6) is 0 Å². The van der Waals surface area contributed by atoms with Crippen LogP contribution in [-0.4, -0.2) is 4.98 Å². The molecule has 0 saturated carbocycles. The van der Waals surface area contributed by atoms with Gasteiger partial charge >= 0.3 is 0 Å². The number of thioether (sulfide) groups is 1. The molecule has 0 spiro atoms. The van der Waals surface area contributed by atoms with Crippen LogP contribution < -0.4 is 0 Å². The van der Waals surface area contributed by atoms with Crippen molar-refractivity contribution < 1.29 is 4.39 Å². The second kappa shape index (κ2) is 5.61. The van der Waals surface area contributed by atoms with E-state index in [1.54, 1.807) is 23.5 Å². The third kappa shape index (κ3) is 2.53. The van der Waals surface area contributed by atoms with E-state index in [2.05, 4.69) is 4.98 Å². The molecule has 0 atom stereocenters. The smallest absolute Gasteiger partial charge is 0.151 e. The maximum atomic E-state index is 13.9. The number of fused-ring (bicyclic) bond motifs is 1. The summed E-state index contributed by atoms with van der Waals surface area (Å²) in [5.74, 6) is 0.0462. The van der Waals surface area contributed by atoms with Crippen molar-refractivity contribution in [2.24, 2.45) is 0 Å². The molecule has 0 N–H and O–H groups in total. The summed E-state index contributed by atoms with van der Waals surface area (Å²) in [7, 11) is 0. The first-order chi connectivity index (χ1) is 9.78. The number of halogens is 1. The van der Waals surface area contributed by atoms with Crippen molar-refractivity contribution in [1.82, 2.24) is 4.98 Å². The first-order valence-corrected chi connectivity index (χ1v) is 7.74. The van der Waals surface area contributed by atoms with E-state index in [0.29, 0.717) is 11.3 Å². The fraction of sp³-hybridized carbons (Fsp3) is 0.0667. The van der Waals surface area contributed by atoms with Crippen LogP contribution in [0, 0.1) is 17.1 Å². The Morgan fingerprint density at radius 1 is 1.20 bits per heavy atom. The molecule has 2 nitrogen and oxygen atoms in total. The molecule has 2 aromatic carbocycles. The SMILES string of the molecule is N#Cc1cccc(CSc2nc3ccccc3s2)c1F. The minimum absolute atomic E-state index is 0.0902. The highest BCUT2D eigenvalue weighted by molar-refractivity contribution is 8.00. The molecule has 3 rings (SSSR count). The van der Waals surface area contributed by atoms with E-state index in [9.17, 15) is 4.39 Å². The molecule has 3 aromatic rings. The first-order valence-electron chi connectivity index (χ1n) is 5.94. The molecule has 0 unspecified atom stereocenters. The molecule has 0 aliphatic rings. The third-order valence-electron chi connectivity index (χ3n) is 2.82. The zero-order valence-corrected chi connectivity index (χ0v) is 12.0. The van der Waals surface area contributed by atoms with Crippen LogP contribution >= 0.6 is 23.1 Å². The molecule has 1 heterocycles. The molecule has 0 amide bonds. The number of benzene rings is 2. The van der Waals surface area contributed by atoms with E-state index in [1.165, 1.54) is 17.8 Å². The number of hydrogen-bond acceptors (Lipinski definition) is 4. The quantitative estimate of drug-likeness (QED) is 0.663. The number of aromatic nitrogens is 1. The van der Waals surface area contributed by atoms with Crippen LogP contribution in [0.3, 0.4) is 0 Å². The topological polar surface area (TPSA) is 36.7 Å². The maximum absolute atomic E-state index is 13.9. The van der Waals surface area contributed by atoms with Crippen molar-refractivity contribution in [2.75, 3.05) is 0 Å². The van der Waals surface area contributed by atoms with Crippen molar-refractivity contribution in [1.29, 1.82) is 5.26 Å². The van der Waals surface area contributed by atoms with Crippen LogP contribution in [0.25, 0.3) is 10.2 Å². The van der Waals surface area contributed by atoms with Crippen LogP contribution in [0.15, 0.2) is 46.8 Å². The monoisotopic (exact) mass is 300 g/mol. The molecule has 0 saturated heterocycles. The number of thiazole rings is 1. The van der Waals surface area contributed by atoms with Crippen molar-refractivity contribution in [3.8, 4) is 6.07 Å². The summed E-state index contributed by atoms with van der Waals surface area (Å²) in [5.41, 5.74) is 1.59. The van der Waals surface area contributed by atoms with Crippen molar-refractivity contribution in [2.45, 2.75) is 10.1 Å². The van der Waals surface area contributed by atoms with Crippen LogP contribution in [0.1, 0.15) is 11.1 Å². The molecular weight excluding hydrogens is 291 g/mol. The van der Waals surface area contributed by atoms with Crippen LogP contribution in [0.2, 0.25) is 0 Å². The Hall–Kier alpha value is -1.90. The zero-order valence-electron chi connectivity index (χ0n) is 10.3. The standard InChI is InChI=1S/C15H9FN2S2/c16-14-10(8-17)4-3-5-11(14)9-19-15-18-12-6-1-2-7-13(12)20-15/h1-7H,9H2. The van der Waals surface area contributed by atoms with Gasteiger partial charge in [-0.05, 0) is 23.8 Å². The van der Waals surface area contributed by atoms with Gasteiger partial charge in [-0.3, -0.25) is 0 Å². The number of nitrogens with zero attached hydrogens (tertiary/aromatic N) is 2. The molecule has 0 aliphatic heterocycles. The van der Waals surface area contributed by atoms with Gasteiger partial charge in [-0.1, -0.05) is 36.0 Å². The summed E-state index contributed by atoms with van der Waals surface area (Å²) in [4.78, 5) is 4.49. The lowest BCUT2D eigenvalue weighted by Gasteiger charge is -2.02. The maximum Gasteiger partial charge on any atom is 0.151 e. The number of nitriles is 1. The van der Waals surface area contributed by atoms with Crippen LogP contribution in [0.4, 0.5) is 4.39 Å². The van der Waals surface area contributed by atoms with Gasteiger partial charge in [0.25, 0.3) is 0 Å². The predicted octanol–water partition coefficient (Wildman–Crippen LogP) is 4.60. The number of hydrogen-bond donors (Lipinski definition) is 0. The summed E-state index contributed by atoms with van der Waals surface area (Å²) in [5, 5.41) is 8.82. The van der Waals surface area contributed by atoms with Crippen LogP contribution in [-0.2, 0) is 5.75 Å². The van der Waals surface area contributed by atoms with Gasteiger partial charge in [0.2, 0.25) is 0 Å². The fourth-order valence-electron chi connectivity index (χ4n) is 1.83. The van der Waals surface area contributed by atoms with Crippen molar-refractivity contribution in [3.63, 3.8) is 0 Å². The average Bonchev–Trinajstić information content (AvgIpc) is 2.89. The summed E-state index contributed by atoms with van der Waals surface area (Å²) < 4.78 is 16.0. The summed E-state index contributed by atoms with van der Waals surface area (Å²) in [6, 6.07) is 14.7. The van der Waals surface area contributed by atoms with E-state index in [1.807, 2.05) is 30.3 Å². The molecule has 0 radical (unpaired) electrons. The fourth-order valence-corrected chi connectivity index (χ4v) is 3.87. The first kappa shape index (κ1) is 13.1. The Morgan fingerprint density at radius 3 is 2.85 bits per heavy atom. The lowest BCUT2D eigenvalue weighted by Crippen LogP contribution is -1.91. The Labute approximate surface area is 123 Å². The summed E-state index contributed by atoms with van der Waals surface area (Å²) >= 11 is 3.09. The van der Waals surface area contributed by atoms with Gasteiger partial charge in [0.1, 0.15) is 11.9 Å². The van der Waals surface area contributed by atoms with Gasteiger partial charge in [0.15, 0.2) is 4.34 Å². The lowest BCUT2D eigenvalue weighted by atomic mass is 10.1. The Bertz CT molecular complexity index is 772. The van der Waals surface area contributed by atoms with Gasteiger partial charge in [0.05, 0.1) is 15.8 Å². The van der Waals surface area contributed by atoms with E-state index < -0.39 is 5.82 Å². The predicted molar refractivity (Wildman–Crippen MR) is 80.3 cm³/mol. The van der Waals surface area contributed by atoms with Gasteiger partial charge in [0, 0.05) is 5.75 Å². The molecule has 5 heteroatoms. The van der Waals surface area contributed by atoms with E-state index in [0.717, 1.165) is 14.6 Å². The zero-order chi connectivity index (χ0) is 13.9. The highest BCUT2D eigenvalue weighted by atomic mass is 32.2. The molecule has 0 fully saturated rings. The van der Waals surface area contributed by atoms with Crippen molar-refractivity contribution >= 4 is 33.3 Å². The molecule has 20 heavy (non-hydrogen) atoms. The number of rotatable bonds is 3. The molecular formula is C15H9FN2S2. The minimum Gasteiger partial charge on any atom is -0.230 e. The molecule has 1 aromatic heterocycles. The van der Waals surface area contributed by atoms with Gasteiger partial charge in [-0.2, -0.15) is 5.26 Å². The normalized spacial score (nSPS) is 10.6. The Balaban J connectivity index is 1.81.